The smallest absolute Gasteiger partial charge is 0.274 e. The van der Waals surface area contributed by atoms with Crippen LogP contribution in [0.15, 0.2) is 24.3 Å². The fraction of sp³-hybridized carbons (Fsp3) is 0.333. The molecule has 5 N–H and O–H groups in total. The highest BCUT2D eigenvalue weighted by molar-refractivity contribution is 7.87. The van der Waals surface area contributed by atoms with Crippen molar-refractivity contribution in [1.82, 2.24) is 4.72 Å². The van der Waals surface area contributed by atoms with Gasteiger partial charge in [-0.05, 0) is 24.1 Å². The fourth-order valence-electron chi connectivity index (χ4n) is 1.17. The van der Waals surface area contributed by atoms with Crippen molar-refractivity contribution >= 4 is 10.2 Å². The van der Waals surface area contributed by atoms with E-state index >= 15 is 0 Å². The molecule has 0 amide bonds. The molecule has 0 spiro atoms. The Balaban J connectivity index is 2.57. The van der Waals surface area contributed by atoms with E-state index in [2.05, 4.69) is 4.72 Å². The summed E-state index contributed by atoms with van der Waals surface area (Å²) in [5.41, 5.74) is 7.41. The molecule has 0 aliphatic rings. The maximum absolute atomic E-state index is 10.6. The largest absolute Gasteiger partial charge is 0.330 e. The molecule has 0 bridgehead atoms. The molecule has 1 rings (SSSR count). The second-order valence-electron chi connectivity index (χ2n) is 3.22. The Labute approximate surface area is 89.7 Å². The second-order valence-corrected chi connectivity index (χ2v) is 4.60. The lowest BCUT2D eigenvalue weighted by molar-refractivity contribution is 0.583. The van der Waals surface area contributed by atoms with Crippen molar-refractivity contribution in [2.45, 2.75) is 13.0 Å². The van der Waals surface area contributed by atoms with Crippen LogP contribution in [0.5, 0.6) is 0 Å². The average Bonchev–Trinajstić information content (AvgIpc) is 2.16. The molecule has 0 aliphatic heterocycles. The summed E-state index contributed by atoms with van der Waals surface area (Å²) in [5.74, 6) is 0. The first-order valence-electron chi connectivity index (χ1n) is 4.56. The van der Waals surface area contributed by atoms with Crippen LogP contribution in [0.25, 0.3) is 0 Å². The third-order valence-electron chi connectivity index (χ3n) is 1.93. The van der Waals surface area contributed by atoms with E-state index in [9.17, 15) is 8.42 Å². The van der Waals surface area contributed by atoms with Crippen molar-refractivity contribution in [3.05, 3.63) is 35.4 Å². The third kappa shape index (κ3) is 4.89. The van der Waals surface area contributed by atoms with Crippen LogP contribution in [0.2, 0.25) is 0 Å². The van der Waals surface area contributed by atoms with Gasteiger partial charge in [-0.1, -0.05) is 24.3 Å². The Morgan fingerprint density at radius 3 is 2.13 bits per heavy atom. The van der Waals surface area contributed by atoms with Crippen LogP contribution in [0.3, 0.4) is 0 Å². The molecule has 0 fully saturated rings. The van der Waals surface area contributed by atoms with Gasteiger partial charge in [0.2, 0.25) is 0 Å². The zero-order valence-corrected chi connectivity index (χ0v) is 9.13. The van der Waals surface area contributed by atoms with Gasteiger partial charge in [-0.2, -0.15) is 13.1 Å². The SMILES string of the molecule is NCCc1ccc(CNS(N)(=O)=O)cc1. The highest BCUT2D eigenvalue weighted by Crippen LogP contribution is 2.04. The summed E-state index contributed by atoms with van der Waals surface area (Å²) in [6.45, 7) is 0.816. The van der Waals surface area contributed by atoms with E-state index in [0.29, 0.717) is 6.54 Å². The minimum atomic E-state index is -3.61. The second kappa shape index (κ2) is 5.22. The highest BCUT2D eigenvalue weighted by atomic mass is 32.2. The van der Waals surface area contributed by atoms with E-state index in [1.54, 1.807) is 0 Å². The summed E-state index contributed by atoms with van der Waals surface area (Å²) in [6.07, 6.45) is 0.822. The van der Waals surface area contributed by atoms with E-state index in [0.717, 1.165) is 17.5 Å². The number of nitrogens with two attached hydrogens (primary N) is 2. The summed E-state index contributed by atoms with van der Waals surface area (Å²) in [7, 11) is -3.61. The average molecular weight is 229 g/mol. The Hall–Kier alpha value is -0.950. The van der Waals surface area contributed by atoms with Crippen LogP contribution in [-0.2, 0) is 23.2 Å². The van der Waals surface area contributed by atoms with E-state index < -0.39 is 10.2 Å². The first-order valence-corrected chi connectivity index (χ1v) is 6.11. The summed E-state index contributed by atoms with van der Waals surface area (Å²) >= 11 is 0. The predicted octanol–water partition coefficient (Wildman–Crippen LogP) is -0.519. The van der Waals surface area contributed by atoms with Gasteiger partial charge in [-0.25, -0.2) is 5.14 Å². The van der Waals surface area contributed by atoms with Gasteiger partial charge in [0.05, 0.1) is 0 Å². The molecule has 0 saturated carbocycles. The van der Waals surface area contributed by atoms with Gasteiger partial charge in [0, 0.05) is 6.54 Å². The molecule has 0 heterocycles. The Morgan fingerprint density at radius 2 is 1.67 bits per heavy atom. The number of hydrogen-bond acceptors (Lipinski definition) is 3. The molecule has 0 aliphatic carbocycles. The summed E-state index contributed by atoms with van der Waals surface area (Å²) in [5, 5.41) is 4.81. The molecule has 5 nitrogen and oxygen atoms in total. The van der Waals surface area contributed by atoms with Crippen molar-refractivity contribution < 1.29 is 8.42 Å². The highest BCUT2D eigenvalue weighted by Gasteiger charge is 2.00. The van der Waals surface area contributed by atoms with Crippen LogP contribution in [0, 0.1) is 0 Å². The lowest BCUT2D eigenvalue weighted by Gasteiger charge is -2.03. The van der Waals surface area contributed by atoms with Gasteiger partial charge in [-0.15, -0.1) is 0 Å². The van der Waals surface area contributed by atoms with E-state index in [4.69, 9.17) is 10.9 Å². The molecule has 15 heavy (non-hydrogen) atoms. The van der Waals surface area contributed by atoms with Crippen molar-refractivity contribution in [3.8, 4) is 0 Å². The monoisotopic (exact) mass is 229 g/mol. The summed E-state index contributed by atoms with van der Waals surface area (Å²) in [6, 6.07) is 7.55. The quantitative estimate of drug-likeness (QED) is 0.633. The third-order valence-corrected chi connectivity index (χ3v) is 2.48. The van der Waals surface area contributed by atoms with Gasteiger partial charge < -0.3 is 5.73 Å². The molecule has 0 aromatic heterocycles. The molecule has 0 saturated heterocycles. The Morgan fingerprint density at radius 1 is 1.13 bits per heavy atom. The van der Waals surface area contributed by atoms with Crippen LogP contribution in [-0.4, -0.2) is 15.0 Å². The van der Waals surface area contributed by atoms with E-state index in [1.807, 2.05) is 24.3 Å². The van der Waals surface area contributed by atoms with E-state index in [1.165, 1.54) is 0 Å². The van der Waals surface area contributed by atoms with Crippen LogP contribution >= 0.6 is 0 Å². The zero-order valence-electron chi connectivity index (χ0n) is 8.31. The first kappa shape index (κ1) is 12.1. The van der Waals surface area contributed by atoms with Crippen LogP contribution < -0.4 is 15.6 Å². The van der Waals surface area contributed by atoms with Gasteiger partial charge in [0.15, 0.2) is 0 Å². The molecule has 0 unspecified atom stereocenters. The topological polar surface area (TPSA) is 98.2 Å². The van der Waals surface area contributed by atoms with Gasteiger partial charge >= 0.3 is 0 Å². The first-order chi connectivity index (χ1) is 7.01. The van der Waals surface area contributed by atoms with Crippen molar-refractivity contribution in [1.29, 1.82) is 0 Å². The zero-order chi connectivity index (χ0) is 11.3. The van der Waals surface area contributed by atoms with E-state index in [-0.39, 0.29) is 6.54 Å². The number of hydrogen-bond donors (Lipinski definition) is 3. The molecule has 1 aromatic carbocycles. The van der Waals surface area contributed by atoms with Gasteiger partial charge in [0.1, 0.15) is 0 Å². The normalized spacial score (nSPS) is 11.6. The Bertz CT molecular complexity index is 400. The Kier molecular flexibility index (Phi) is 4.22. The fourth-order valence-corrected chi connectivity index (χ4v) is 1.54. The van der Waals surface area contributed by atoms with Crippen molar-refractivity contribution in [2.24, 2.45) is 10.9 Å². The standard InChI is InChI=1S/C9H15N3O2S/c10-6-5-8-1-3-9(4-2-8)7-12-15(11,13)14/h1-4,12H,5-7,10H2,(H2,11,13,14). The lowest BCUT2D eigenvalue weighted by atomic mass is 10.1. The van der Waals surface area contributed by atoms with Crippen molar-refractivity contribution in [2.75, 3.05) is 6.54 Å². The predicted molar refractivity (Wildman–Crippen MR) is 59.1 cm³/mol. The number of rotatable bonds is 5. The molecule has 84 valence electrons. The molecule has 6 heteroatoms. The van der Waals surface area contributed by atoms with Gasteiger partial charge in [-0.3, -0.25) is 0 Å². The molecule has 0 atom stereocenters. The molecular weight excluding hydrogens is 214 g/mol. The minimum absolute atomic E-state index is 0.210. The summed E-state index contributed by atoms with van der Waals surface area (Å²) < 4.78 is 23.5. The maximum Gasteiger partial charge on any atom is 0.274 e. The maximum atomic E-state index is 10.6. The summed E-state index contributed by atoms with van der Waals surface area (Å²) in [4.78, 5) is 0. The van der Waals surface area contributed by atoms with Crippen LogP contribution in [0.1, 0.15) is 11.1 Å². The molecule has 0 radical (unpaired) electrons. The number of nitrogens with one attached hydrogen (secondary N) is 1. The lowest BCUT2D eigenvalue weighted by Crippen LogP contribution is -2.30. The molecular formula is C9H15N3O2S. The van der Waals surface area contributed by atoms with Crippen molar-refractivity contribution in [3.63, 3.8) is 0 Å². The minimum Gasteiger partial charge on any atom is -0.330 e. The number of benzene rings is 1. The van der Waals surface area contributed by atoms with Crippen LogP contribution in [0.4, 0.5) is 0 Å². The molecule has 1 aromatic rings. The van der Waals surface area contributed by atoms with Gasteiger partial charge in [0.25, 0.3) is 10.2 Å².